The number of carbonyl (C=O) groups is 1. The monoisotopic (exact) mass is 238 g/mol. The second-order valence-electron chi connectivity index (χ2n) is 4.53. The Kier molecular flexibility index (Phi) is 4.69. The molecule has 1 rings (SSSR count). The van der Waals surface area contributed by atoms with Gasteiger partial charge in [0, 0.05) is 38.9 Å². The largest absolute Gasteiger partial charge is 0.347 e. The first-order valence-corrected chi connectivity index (χ1v) is 5.88. The Bertz CT molecular complexity index is 372. The highest BCUT2D eigenvalue weighted by Gasteiger charge is 2.19. The van der Waals surface area contributed by atoms with Gasteiger partial charge in [-0.2, -0.15) is 5.10 Å². The Morgan fingerprint density at radius 1 is 1.47 bits per heavy atom. The van der Waals surface area contributed by atoms with Crippen LogP contribution >= 0.6 is 0 Å². The van der Waals surface area contributed by atoms with Crippen molar-refractivity contribution in [1.29, 1.82) is 0 Å². The second kappa shape index (κ2) is 5.82. The van der Waals surface area contributed by atoms with Crippen molar-refractivity contribution >= 4 is 5.91 Å². The van der Waals surface area contributed by atoms with Gasteiger partial charge in [-0.3, -0.25) is 14.4 Å². The zero-order valence-electron chi connectivity index (χ0n) is 11.3. The molecule has 17 heavy (non-hydrogen) atoms. The average molecular weight is 238 g/mol. The second-order valence-corrected chi connectivity index (χ2v) is 4.53. The maximum Gasteiger partial charge on any atom is 0.239 e. The highest BCUT2D eigenvalue weighted by molar-refractivity contribution is 5.80. The standard InChI is InChI=1S/C12H22N4O/c1-6-16-9-11(7-13-16)8-15(5)10(2)12(17)14(3)4/h7,9-10H,6,8H2,1-5H3. The SMILES string of the molecule is CCn1cc(CN(C)C(C)C(=O)N(C)C)cn1. The molecule has 0 aliphatic carbocycles. The smallest absolute Gasteiger partial charge is 0.239 e. The first-order chi connectivity index (χ1) is 7.95. The van der Waals surface area contributed by atoms with Gasteiger partial charge in [0.05, 0.1) is 12.2 Å². The summed E-state index contributed by atoms with van der Waals surface area (Å²) in [5.74, 6) is 0.121. The molecular weight excluding hydrogens is 216 g/mol. The maximum absolute atomic E-state index is 11.8. The molecule has 1 heterocycles. The number of rotatable bonds is 5. The molecule has 5 heteroatoms. The Morgan fingerprint density at radius 3 is 2.59 bits per heavy atom. The van der Waals surface area contributed by atoms with Crippen LogP contribution in [0.15, 0.2) is 12.4 Å². The first-order valence-electron chi connectivity index (χ1n) is 5.88. The molecule has 1 aromatic rings. The van der Waals surface area contributed by atoms with E-state index in [2.05, 4.69) is 12.0 Å². The van der Waals surface area contributed by atoms with E-state index in [9.17, 15) is 4.79 Å². The van der Waals surface area contributed by atoms with Gasteiger partial charge in [0.2, 0.25) is 5.91 Å². The van der Waals surface area contributed by atoms with Crippen LogP contribution < -0.4 is 0 Å². The van der Waals surface area contributed by atoms with Gasteiger partial charge in [0.25, 0.3) is 0 Å². The third-order valence-electron chi connectivity index (χ3n) is 2.90. The highest BCUT2D eigenvalue weighted by atomic mass is 16.2. The first kappa shape index (κ1) is 13.7. The van der Waals surface area contributed by atoms with Gasteiger partial charge in [-0.25, -0.2) is 0 Å². The van der Waals surface area contributed by atoms with Crippen molar-refractivity contribution < 1.29 is 4.79 Å². The van der Waals surface area contributed by atoms with Gasteiger partial charge in [-0.1, -0.05) is 0 Å². The van der Waals surface area contributed by atoms with Crippen molar-refractivity contribution in [1.82, 2.24) is 19.6 Å². The van der Waals surface area contributed by atoms with Gasteiger partial charge < -0.3 is 4.90 Å². The number of aryl methyl sites for hydroxylation is 1. The van der Waals surface area contributed by atoms with E-state index in [0.29, 0.717) is 0 Å². The minimum absolute atomic E-state index is 0.116. The molecule has 0 bridgehead atoms. The fourth-order valence-electron chi connectivity index (χ4n) is 1.65. The van der Waals surface area contributed by atoms with Crippen molar-refractivity contribution in [2.24, 2.45) is 0 Å². The molecule has 0 fully saturated rings. The van der Waals surface area contributed by atoms with Crippen LogP contribution in [0, 0.1) is 0 Å². The van der Waals surface area contributed by atoms with E-state index in [1.165, 1.54) is 0 Å². The molecule has 96 valence electrons. The summed E-state index contributed by atoms with van der Waals surface area (Å²) in [6, 6.07) is -0.116. The van der Waals surface area contributed by atoms with E-state index in [-0.39, 0.29) is 11.9 Å². The average Bonchev–Trinajstić information content (AvgIpc) is 2.74. The van der Waals surface area contributed by atoms with E-state index >= 15 is 0 Å². The summed E-state index contributed by atoms with van der Waals surface area (Å²) in [6.07, 6.45) is 3.87. The molecule has 5 nitrogen and oxygen atoms in total. The summed E-state index contributed by atoms with van der Waals surface area (Å²) in [5.41, 5.74) is 1.13. The van der Waals surface area contributed by atoms with Crippen LogP contribution in [-0.4, -0.2) is 52.7 Å². The predicted molar refractivity (Wildman–Crippen MR) is 67.5 cm³/mol. The van der Waals surface area contributed by atoms with Gasteiger partial charge in [0.15, 0.2) is 0 Å². The minimum Gasteiger partial charge on any atom is -0.347 e. The lowest BCUT2D eigenvalue weighted by Gasteiger charge is -2.25. The Morgan fingerprint density at radius 2 is 2.12 bits per heavy atom. The third kappa shape index (κ3) is 3.56. The lowest BCUT2D eigenvalue weighted by molar-refractivity contribution is -0.133. The fraction of sp³-hybridized carbons (Fsp3) is 0.667. The van der Waals surface area contributed by atoms with Crippen LogP contribution in [0.2, 0.25) is 0 Å². The van der Waals surface area contributed by atoms with Crippen LogP contribution in [0.4, 0.5) is 0 Å². The molecular formula is C12H22N4O. The van der Waals surface area contributed by atoms with E-state index in [0.717, 1.165) is 18.7 Å². The molecule has 1 aromatic heterocycles. The van der Waals surface area contributed by atoms with Gasteiger partial charge in [-0.15, -0.1) is 0 Å². The van der Waals surface area contributed by atoms with Crippen LogP contribution in [0.3, 0.4) is 0 Å². The maximum atomic E-state index is 11.8. The molecule has 0 saturated heterocycles. The number of amides is 1. The molecule has 1 unspecified atom stereocenters. The molecule has 0 aliphatic heterocycles. The van der Waals surface area contributed by atoms with Crippen LogP contribution in [0.1, 0.15) is 19.4 Å². The van der Waals surface area contributed by atoms with Crippen LogP contribution in [0.25, 0.3) is 0 Å². The van der Waals surface area contributed by atoms with Crippen molar-refractivity contribution in [2.75, 3.05) is 21.1 Å². The van der Waals surface area contributed by atoms with E-state index in [4.69, 9.17) is 0 Å². The molecule has 0 aromatic carbocycles. The zero-order chi connectivity index (χ0) is 13.0. The molecule has 0 N–H and O–H groups in total. The summed E-state index contributed by atoms with van der Waals surface area (Å²) in [6.45, 7) is 5.59. The van der Waals surface area contributed by atoms with E-state index in [1.807, 2.05) is 35.9 Å². The summed E-state index contributed by atoms with van der Waals surface area (Å²) in [5, 5.41) is 4.22. The Balaban J connectivity index is 2.59. The molecule has 0 radical (unpaired) electrons. The quantitative estimate of drug-likeness (QED) is 0.762. The topological polar surface area (TPSA) is 41.4 Å². The van der Waals surface area contributed by atoms with Crippen LogP contribution in [0.5, 0.6) is 0 Å². The van der Waals surface area contributed by atoms with Crippen LogP contribution in [-0.2, 0) is 17.9 Å². The summed E-state index contributed by atoms with van der Waals surface area (Å²) < 4.78 is 1.89. The summed E-state index contributed by atoms with van der Waals surface area (Å²) in [4.78, 5) is 15.4. The van der Waals surface area contributed by atoms with E-state index in [1.54, 1.807) is 19.0 Å². The molecule has 1 atom stereocenters. The van der Waals surface area contributed by atoms with E-state index < -0.39 is 0 Å². The summed E-state index contributed by atoms with van der Waals surface area (Å²) in [7, 11) is 5.51. The van der Waals surface area contributed by atoms with Crippen molar-refractivity contribution in [3.8, 4) is 0 Å². The molecule has 0 aliphatic rings. The van der Waals surface area contributed by atoms with Gasteiger partial charge in [-0.05, 0) is 20.9 Å². The number of likely N-dealkylation sites (N-methyl/N-ethyl adjacent to an activating group) is 2. The normalized spacial score (nSPS) is 12.8. The zero-order valence-corrected chi connectivity index (χ0v) is 11.3. The number of carbonyl (C=O) groups excluding carboxylic acids is 1. The fourth-order valence-corrected chi connectivity index (χ4v) is 1.65. The molecule has 0 spiro atoms. The van der Waals surface area contributed by atoms with Gasteiger partial charge in [0.1, 0.15) is 0 Å². The Hall–Kier alpha value is -1.36. The molecule has 0 saturated carbocycles. The predicted octanol–water partition coefficient (Wildman–Crippen LogP) is 0.811. The lowest BCUT2D eigenvalue weighted by Crippen LogP contribution is -2.42. The number of hydrogen-bond donors (Lipinski definition) is 0. The number of nitrogens with zero attached hydrogens (tertiary/aromatic N) is 4. The molecule has 1 amide bonds. The summed E-state index contributed by atoms with van der Waals surface area (Å²) >= 11 is 0. The van der Waals surface area contributed by atoms with Crippen molar-refractivity contribution in [2.45, 2.75) is 33.0 Å². The minimum atomic E-state index is -0.116. The highest BCUT2D eigenvalue weighted by Crippen LogP contribution is 2.07. The number of hydrogen-bond acceptors (Lipinski definition) is 3. The van der Waals surface area contributed by atoms with Gasteiger partial charge >= 0.3 is 0 Å². The third-order valence-corrected chi connectivity index (χ3v) is 2.90. The van der Waals surface area contributed by atoms with Crippen molar-refractivity contribution in [3.05, 3.63) is 18.0 Å². The van der Waals surface area contributed by atoms with Crippen molar-refractivity contribution in [3.63, 3.8) is 0 Å². The lowest BCUT2D eigenvalue weighted by atomic mass is 10.2. The number of aromatic nitrogens is 2. The Labute approximate surface area is 103 Å².